The van der Waals surface area contributed by atoms with Gasteiger partial charge in [0.2, 0.25) is 15.9 Å². The summed E-state index contributed by atoms with van der Waals surface area (Å²) in [5.74, 6) is -0.420. The summed E-state index contributed by atoms with van der Waals surface area (Å²) >= 11 is 0. The van der Waals surface area contributed by atoms with Crippen molar-refractivity contribution < 1.29 is 17.6 Å². The molecule has 1 N–H and O–H groups in total. The van der Waals surface area contributed by atoms with Gasteiger partial charge in [-0.1, -0.05) is 0 Å². The Balaban J connectivity index is 2.02. The van der Waals surface area contributed by atoms with Gasteiger partial charge in [0.1, 0.15) is 5.82 Å². The van der Waals surface area contributed by atoms with Crippen LogP contribution in [0.2, 0.25) is 0 Å². The van der Waals surface area contributed by atoms with Gasteiger partial charge in [-0.3, -0.25) is 4.79 Å². The minimum absolute atomic E-state index is 0.0359. The molecule has 2 rings (SSSR count). The van der Waals surface area contributed by atoms with E-state index in [2.05, 4.69) is 4.72 Å². The maximum absolute atomic E-state index is 13.2. The van der Waals surface area contributed by atoms with Crippen molar-refractivity contribution in [2.75, 3.05) is 13.1 Å². The molecule has 1 saturated heterocycles. The lowest BCUT2D eigenvalue weighted by Crippen LogP contribution is -2.34. The summed E-state index contributed by atoms with van der Waals surface area (Å²) in [6.45, 7) is 6.15. The molecule has 5 nitrogen and oxygen atoms in total. The van der Waals surface area contributed by atoms with Crippen LogP contribution in [0.15, 0.2) is 23.1 Å². The average Bonchev–Trinajstić information content (AvgIpc) is 2.81. The van der Waals surface area contributed by atoms with Gasteiger partial charge in [-0.25, -0.2) is 17.5 Å². The molecule has 1 amide bonds. The second-order valence-electron chi connectivity index (χ2n) is 5.97. The number of sulfonamides is 1. The minimum atomic E-state index is -3.69. The fourth-order valence-corrected chi connectivity index (χ4v) is 3.74. The summed E-state index contributed by atoms with van der Waals surface area (Å²) in [5.41, 5.74) is 0.282. The van der Waals surface area contributed by atoms with Crippen LogP contribution in [0.4, 0.5) is 4.39 Å². The molecule has 0 radical (unpaired) electrons. The normalized spacial score (nSPS) is 19.2. The van der Waals surface area contributed by atoms with Crippen LogP contribution in [0, 0.1) is 18.7 Å². The molecule has 122 valence electrons. The Bertz CT molecular complexity index is 673. The van der Waals surface area contributed by atoms with Crippen LogP contribution in [-0.2, 0) is 14.8 Å². The third-order valence-corrected chi connectivity index (χ3v) is 5.28. The van der Waals surface area contributed by atoms with Crippen LogP contribution in [0.25, 0.3) is 0 Å². The lowest BCUT2D eigenvalue weighted by atomic mass is 10.1. The SMILES string of the molecule is Cc1cc(S(=O)(=O)NCC2CC(=O)N(C(C)C)C2)ccc1F. The van der Waals surface area contributed by atoms with E-state index in [0.29, 0.717) is 13.0 Å². The highest BCUT2D eigenvalue weighted by Crippen LogP contribution is 2.20. The Morgan fingerprint density at radius 1 is 1.41 bits per heavy atom. The van der Waals surface area contributed by atoms with Crippen molar-refractivity contribution in [3.63, 3.8) is 0 Å². The van der Waals surface area contributed by atoms with E-state index in [4.69, 9.17) is 0 Å². The van der Waals surface area contributed by atoms with E-state index in [0.717, 1.165) is 6.07 Å². The highest BCUT2D eigenvalue weighted by Gasteiger charge is 2.31. The zero-order valence-corrected chi connectivity index (χ0v) is 13.8. The number of carbonyl (C=O) groups is 1. The number of amides is 1. The molecule has 1 atom stereocenters. The zero-order chi connectivity index (χ0) is 16.5. The molecule has 0 aromatic heterocycles. The fourth-order valence-electron chi connectivity index (χ4n) is 2.54. The van der Waals surface area contributed by atoms with E-state index in [1.54, 1.807) is 4.90 Å². The number of carbonyl (C=O) groups excluding carboxylic acids is 1. The Kier molecular flexibility index (Phi) is 4.87. The van der Waals surface area contributed by atoms with Gasteiger partial charge in [0, 0.05) is 25.6 Å². The monoisotopic (exact) mass is 328 g/mol. The second kappa shape index (κ2) is 6.34. The predicted molar refractivity (Wildman–Crippen MR) is 81.3 cm³/mol. The third-order valence-electron chi connectivity index (χ3n) is 3.86. The Morgan fingerprint density at radius 2 is 2.09 bits per heavy atom. The molecule has 1 aliphatic rings. The van der Waals surface area contributed by atoms with Gasteiger partial charge in [0.25, 0.3) is 0 Å². The number of nitrogens with zero attached hydrogens (tertiary/aromatic N) is 1. The van der Waals surface area contributed by atoms with Crippen LogP contribution < -0.4 is 4.72 Å². The van der Waals surface area contributed by atoms with Crippen molar-refractivity contribution in [2.45, 2.75) is 38.1 Å². The fraction of sp³-hybridized carbons (Fsp3) is 0.533. The quantitative estimate of drug-likeness (QED) is 0.894. The molecule has 0 aliphatic carbocycles. The summed E-state index contributed by atoms with van der Waals surface area (Å²) in [5, 5.41) is 0. The lowest BCUT2D eigenvalue weighted by molar-refractivity contribution is -0.129. The molecular weight excluding hydrogens is 307 g/mol. The lowest BCUT2D eigenvalue weighted by Gasteiger charge is -2.21. The van der Waals surface area contributed by atoms with Crippen LogP contribution in [-0.4, -0.2) is 38.4 Å². The molecule has 1 aromatic carbocycles. The molecule has 1 heterocycles. The highest BCUT2D eigenvalue weighted by molar-refractivity contribution is 7.89. The molecule has 1 aliphatic heterocycles. The topological polar surface area (TPSA) is 66.5 Å². The van der Waals surface area contributed by atoms with Crippen molar-refractivity contribution in [1.82, 2.24) is 9.62 Å². The van der Waals surface area contributed by atoms with E-state index >= 15 is 0 Å². The number of halogens is 1. The van der Waals surface area contributed by atoms with Crippen LogP contribution in [0.1, 0.15) is 25.8 Å². The molecule has 0 saturated carbocycles. The van der Waals surface area contributed by atoms with Crippen molar-refractivity contribution in [1.29, 1.82) is 0 Å². The number of rotatable bonds is 5. The maximum Gasteiger partial charge on any atom is 0.240 e. The third kappa shape index (κ3) is 3.64. The Hall–Kier alpha value is -1.47. The first-order valence-electron chi connectivity index (χ1n) is 7.26. The van der Waals surface area contributed by atoms with E-state index in [1.807, 2.05) is 13.8 Å². The van der Waals surface area contributed by atoms with Crippen molar-refractivity contribution in [3.8, 4) is 0 Å². The van der Waals surface area contributed by atoms with Gasteiger partial charge >= 0.3 is 0 Å². The smallest absolute Gasteiger partial charge is 0.240 e. The molecule has 1 aromatic rings. The Labute approximate surface area is 130 Å². The molecule has 1 fully saturated rings. The summed E-state index contributed by atoms with van der Waals surface area (Å²) in [6.07, 6.45) is 0.350. The van der Waals surface area contributed by atoms with Gasteiger partial charge < -0.3 is 4.90 Å². The number of nitrogens with one attached hydrogen (secondary N) is 1. The molecular formula is C15H21FN2O3S. The molecule has 1 unspecified atom stereocenters. The first kappa shape index (κ1) is 16.9. The van der Waals surface area contributed by atoms with Gasteiger partial charge in [-0.05, 0) is 50.5 Å². The van der Waals surface area contributed by atoms with E-state index in [1.165, 1.54) is 19.1 Å². The average molecular weight is 328 g/mol. The van der Waals surface area contributed by atoms with Gasteiger partial charge in [-0.2, -0.15) is 0 Å². The predicted octanol–water partition coefficient (Wildman–Crippen LogP) is 1.67. The highest BCUT2D eigenvalue weighted by atomic mass is 32.2. The standard InChI is InChI=1S/C15H21FN2O3S/c1-10(2)18-9-12(7-15(18)19)8-17-22(20,21)13-4-5-14(16)11(3)6-13/h4-6,10,12,17H,7-9H2,1-3H3. The summed E-state index contributed by atoms with van der Waals surface area (Å²) in [6, 6.07) is 3.81. The molecule has 7 heteroatoms. The van der Waals surface area contributed by atoms with Crippen molar-refractivity contribution in [2.24, 2.45) is 5.92 Å². The number of aryl methyl sites for hydroxylation is 1. The van der Waals surface area contributed by atoms with E-state index in [9.17, 15) is 17.6 Å². The number of hydrogen-bond acceptors (Lipinski definition) is 3. The summed E-state index contributed by atoms with van der Waals surface area (Å²) in [7, 11) is -3.69. The van der Waals surface area contributed by atoms with Crippen LogP contribution in [0.3, 0.4) is 0 Å². The summed E-state index contributed by atoms with van der Waals surface area (Å²) < 4.78 is 40.2. The van der Waals surface area contributed by atoms with Gasteiger partial charge in [0.15, 0.2) is 0 Å². The minimum Gasteiger partial charge on any atom is -0.340 e. The number of benzene rings is 1. The second-order valence-corrected chi connectivity index (χ2v) is 7.74. The molecule has 0 bridgehead atoms. The van der Waals surface area contributed by atoms with Crippen LogP contribution in [0.5, 0.6) is 0 Å². The molecule has 0 spiro atoms. The number of likely N-dealkylation sites (tertiary alicyclic amines) is 1. The number of hydrogen-bond donors (Lipinski definition) is 1. The van der Waals surface area contributed by atoms with E-state index < -0.39 is 15.8 Å². The van der Waals surface area contributed by atoms with Crippen molar-refractivity contribution >= 4 is 15.9 Å². The first-order valence-corrected chi connectivity index (χ1v) is 8.74. The maximum atomic E-state index is 13.2. The zero-order valence-electron chi connectivity index (χ0n) is 13.0. The first-order chi connectivity index (χ1) is 10.2. The summed E-state index contributed by atoms with van der Waals surface area (Å²) in [4.78, 5) is 13.6. The molecule has 22 heavy (non-hydrogen) atoms. The van der Waals surface area contributed by atoms with E-state index in [-0.39, 0.29) is 34.9 Å². The largest absolute Gasteiger partial charge is 0.340 e. The Morgan fingerprint density at radius 3 is 2.64 bits per heavy atom. The van der Waals surface area contributed by atoms with Gasteiger partial charge in [-0.15, -0.1) is 0 Å². The van der Waals surface area contributed by atoms with Crippen LogP contribution >= 0.6 is 0 Å². The van der Waals surface area contributed by atoms with Crippen molar-refractivity contribution in [3.05, 3.63) is 29.6 Å². The van der Waals surface area contributed by atoms with Gasteiger partial charge in [0.05, 0.1) is 4.90 Å².